The van der Waals surface area contributed by atoms with Crippen molar-refractivity contribution in [2.45, 2.75) is 40.4 Å². The molecular weight excluding hydrogens is 484 g/mol. The molecule has 5 aromatic carbocycles. The molecule has 3 nitrogen and oxygen atoms in total. The molecule has 0 radical (unpaired) electrons. The number of hydrogen-bond donors (Lipinski definition) is 0. The maximum atomic E-state index is 10.9. The van der Waals surface area contributed by atoms with Crippen LogP contribution < -0.4 is 0 Å². The van der Waals surface area contributed by atoms with Gasteiger partial charge in [-0.2, -0.15) is 0 Å². The zero-order chi connectivity index (χ0) is 25.7. The monoisotopic (exact) mass is 512 g/mol. The van der Waals surface area contributed by atoms with Crippen LogP contribution in [-0.2, 0) is 21.0 Å². The van der Waals surface area contributed by atoms with Crippen molar-refractivity contribution in [1.82, 2.24) is 0 Å². The SMILES string of the molecule is Cc1cc(C)c([S+](c2ccccc2)c2ccccc2)c(C)c1.O=S(=O)([O-])c1cccc2ccccc12. The van der Waals surface area contributed by atoms with E-state index in [4.69, 9.17) is 0 Å². The van der Waals surface area contributed by atoms with Gasteiger partial charge in [-0.1, -0.05) is 90.5 Å². The molecule has 5 aromatic rings. The van der Waals surface area contributed by atoms with E-state index in [9.17, 15) is 13.0 Å². The molecule has 0 heterocycles. The molecule has 0 fully saturated rings. The van der Waals surface area contributed by atoms with E-state index < -0.39 is 10.1 Å². The fourth-order valence-electron chi connectivity index (χ4n) is 4.39. The largest absolute Gasteiger partial charge is 0.744 e. The van der Waals surface area contributed by atoms with Gasteiger partial charge in [-0.15, -0.1) is 0 Å². The molecule has 0 bridgehead atoms. The standard InChI is InChI=1S/C21H21S.C10H8O3S/c1-16-14-17(2)21(18(3)15-16)22(19-10-6-4-7-11-19)20-12-8-5-9-13-20;11-14(12,13)10-7-3-5-8-4-1-2-6-9(8)10/h4-15H,1-3H3;1-7H,(H,11,12,13)/q+1;/p-1. The van der Waals surface area contributed by atoms with E-state index in [2.05, 4.69) is 93.6 Å². The van der Waals surface area contributed by atoms with Crippen LogP contribution >= 0.6 is 0 Å². The molecule has 0 saturated carbocycles. The highest BCUT2D eigenvalue weighted by atomic mass is 32.2. The Bertz CT molecular complexity index is 1510. The van der Waals surface area contributed by atoms with Crippen LogP contribution in [0.3, 0.4) is 0 Å². The van der Waals surface area contributed by atoms with Crippen molar-refractivity contribution >= 4 is 31.8 Å². The lowest BCUT2D eigenvalue weighted by Gasteiger charge is -2.13. The summed E-state index contributed by atoms with van der Waals surface area (Å²) in [5, 5.41) is 1.23. The van der Waals surface area contributed by atoms with Crippen LogP contribution in [-0.4, -0.2) is 13.0 Å². The molecule has 0 aliphatic rings. The second-order valence-corrected chi connectivity index (χ2v) is 11.9. The van der Waals surface area contributed by atoms with Gasteiger partial charge in [0.05, 0.1) is 15.8 Å². The third-order valence-electron chi connectivity index (χ3n) is 5.79. The lowest BCUT2D eigenvalue weighted by atomic mass is 10.1. The Morgan fingerprint density at radius 2 is 1.08 bits per heavy atom. The molecule has 0 aliphatic carbocycles. The van der Waals surface area contributed by atoms with Crippen LogP contribution in [0.4, 0.5) is 0 Å². The van der Waals surface area contributed by atoms with Crippen molar-refractivity contribution in [3.05, 3.63) is 132 Å². The molecule has 0 aromatic heterocycles. The van der Waals surface area contributed by atoms with Crippen molar-refractivity contribution in [1.29, 1.82) is 0 Å². The summed E-state index contributed by atoms with van der Waals surface area (Å²) in [6, 6.07) is 37.8. The Labute approximate surface area is 216 Å². The molecule has 0 atom stereocenters. The molecular formula is C31H28O3S2. The third-order valence-corrected chi connectivity index (χ3v) is 9.22. The minimum atomic E-state index is -4.38. The number of benzene rings is 5. The zero-order valence-corrected chi connectivity index (χ0v) is 22.1. The quantitative estimate of drug-likeness (QED) is 0.186. The van der Waals surface area contributed by atoms with Gasteiger partial charge in [-0.3, -0.25) is 0 Å². The maximum Gasteiger partial charge on any atom is 0.172 e. The van der Waals surface area contributed by atoms with E-state index in [1.54, 1.807) is 36.4 Å². The molecule has 0 spiro atoms. The van der Waals surface area contributed by atoms with Crippen LogP contribution in [0.15, 0.2) is 135 Å². The Morgan fingerprint density at radius 1 is 0.611 bits per heavy atom. The van der Waals surface area contributed by atoms with Crippen LogP contribution in [0.5, 0.6) is 0 Å². The fraction of sp³-hybridized carbons (Fsp3) is 0.0968. The van der Waals surface area contributed by atoms with Crippen molar-refractivity contribution in [2.24, 2.45) is 0 Å². The normalized spacial score (nSPS) is 11.2. The highest BCUT2D eigenvalue weighted by Gasteiger charge is 2.31. The summed E-state index contributed by atoms with van der Waals surface area (Å²) in [5.74, 6) is 0. The molecule has 36 heavy (non-hydrogen) atoms. The first-order valence-corrected chi connectivity index (χ1v) is 14.2. The minimum Gasteiger partial charge on any atom is -0.744 e. The van der Waals surface area contributed by atoms with E-state index >= 15 is 0 Å². The second kappa shape index (κ2) is 11.1. The maximum absolute atomic E-state index is 10.9. The van der Waals surface area contributed by atoms with Gasteiger partial charge in [0.15, 0.2) is 14.7 Å². The van der Waals surface area contributed by atoms with Gasteiger partial charge in [0.1, 0.15) is 10.1 Å². The number of aryl methyl sites for hydroxylation is 3. The summed E-state index contributed by atoms with van der Waals surface area (Å²) in [6.45, 7) is 6.65. The van der Waals surface area contributed by atoms with Crippen molar-refractivity contribution in [2.75, 3.05) is 0 Å². The Balaban J connectivity index is 0.000000187. The van der Waals surface area contributed by atoms with Crippen molar-refractivity contribution in [3.8, 4) is 0 Å². The summed E-state index contributed by atoms with van der Waals surface area (Å²) in [6.07, 6.45) is 0. The third kappa shape index (κ3) is 5.88. The van der Waals surface area contributed by atoms with Crippen LogP contribution in [0.2, 0.25) is 0 Å². The van der Waals surface area contributed by atoms with Crippen molar-refractivity contribution in [3.63, 3.8) is 0 Å². The zero-order valence-electron chi connectivity index (χ0n) is 20.5. The molecule has 0 aliphatic heterocycles. The summed E-state index contributed by atoms with van der Waals surface area (Å²) in [5.41, 5.74) is 4.10. The second-order valence-electron chi connectivity index (χ2n) is 8.59. The highest BCUT2D eigenvalue weighted by Crippen LogP contribution is 2.35. The van der Waals surface area contributed by atoms with Gasteiger partial charge in [0.25, 0.3) is 0 Å². The van der Waals surface area contributed by atoms with E-state index in [1.165, 1.54) is 37.4 Å². The van der Waals surface area contributed by atoms with E-state index in [1.807, 2.05) is 0 Å². The fourth-order valence-corrected chi connectivity index (χ4v) is 7.45. The summed E-state index contributed by atoms with van der Waals surface area (Å²) >= 11 is 0. The predicted octanol–water partition coefficient (Wildman–Crippen LogP) is 7.45. The molecule has 5 rings (SSSR count). The molecule has 0 unspecified atom stereocenters. The minimum absolute atomic E-state index is 0.0460. The van der Waals surface area contributed by atoms with Gasteiger partial charge in [0.2, 0.25) is 0 Å². The van der Waals surface area contributed by atoms with Gasteiger partial charge in [-0.25, -0.2) is 8.42 Å². The highest BCUT2D eigenvalue weighted by molar-refractivity contribution is 7.97. The summed E-state index contributed by atoms with van der Waals surface area (Å²) < 4.78 is 32.7. The lowest BCUT2D eigenvalue weighted by Crippen LogP contribution is -2.08. The first kappa shape index (κ1) is 25.7. The average Bonchev–Trinajstić information content (AvgIpc) is 2.86. The van der Waals surface area contributed by atoms with Crippen LogP contribution in [0.1, 0.15) is 16.7 Å². The van der Waals surface area contributed by atoms with Crippen molar-refractivity contribution < 1.29 is 13.0 Å². The van der Waals surface area contributed by atoms with Gasteiger partial charge < -0.3 is 4.55 Å². The number of rotatable bonds is 4. The van der Waals surface area contributed by atoms with Crippen LogP contribution in [0, 0.1) is 20.8 Å². The smallest absolute Gasteiger partial charge is 0.172 e. The summed E-state index contributed by atoms with van der Waals surface area (Å²) in [7, 11) is -4.43. The first-order chi connectivity index (χ1) is 17.3. The van der Waals surface area contributed by atoms with Gasteiger partial charge in [0, 0.05) is 11.1 Å². The van der Waals surface area contributed by atoms with E-state index in [0.717, 1.165) is 5.39 Å². The Hall–Kier alpha value is -3.38. The average molecular weight is 513 g/mol. The molecule has 0 saturated heterocycles. The predicted molar refractivity (Wildman–Crippen MR) is 148 cm³/mol. The Morgan fingerprint density at radius 3 is 1.61 bits per heavy atom. The first-order valence-electron chi connectivity index (χ1n) is 11.6. The van der Waals surface area contributed by atoms with E-state index in [-0.39, 0.29) is 15.8 Å². The van der Waals surface area contributed by atoms with Crippen LogP contribution in [0.25, 0.3) is 10.8 Å². The number of fused-ring (bicyclic) bond motifs is 1. The topological polar surface area (TPSA) is 57.2 Å². The molecule has 5 heteroatoms. The molecule has 0 amide bonds. The Kier molecular flexibility index (Phi) is 7.94. The number of hydrogen-bond acceptors (Lipinski definition) is 3. The lowest BCUT2D eigenvalue weighted by molar-refractivity contribution is 0.464. The van der Waals surface area contributed by atoms with E-state index in [0.29, 0.717) is 5.39 Å². The van der Waals surface area contributed by atoms with Gasteiger partial charge in [-0.05, 0) is 61.9 Å². The summed E-state index contributed by atoms with van der Waals surface area (Å²) in [4.78, 5) is 4.06. The molecule has 182 valence electrons. The van der Waals surface area contributed by atoms with Gasteiger partial charge >= 0.3 is 0 Å². The molecule has 0 N–H and O–H groups in total.